The van der Waals surface area contributed by atoms with Crippen LogP contribution in [0.2, 0.25) is 0 Å². The molecule has 1 atom stereocenters. The van der Waals surface area contributed by atoms with E-state index < -0.39 is 0 Å². The quantitative estimate of drug-likeness (QED) is 0.869. The molecule has 1 fully saturated rings. The third-order valence-corrected chi connectivity index (χ3v) is 3.51. The minimum Gasteiger partial charge on any atom is -0.496 e. The van der Waals surface area contributed by atoms with Gasteiger partial charge in [-0.15, -0.1) is 0 Å². The van der Waals surface area contributed by atoms with Gasteiger partial charge in [0.25, 0.3) is 0 Å². The topological polar surface area (TPSA) is 30.5 Å². The Kier molecular flexibility index (Phi) is 3.89. The van der Waals surface area contributed by atoms with E-state index in [4.69, 9.17) is 9.47 Å². The molecule has 17 heavy (non-hydrogen) atoms. The molecule has 1 saturated heterocycles. The molecule has 1 aromatic carbocycles. The highest BCUT2D eigenvalue weighted by Crippen LogP contribution is 2.36. The van der Waals surface area contributed by atoms with Crippen LogP contribution in [0.5, 0.6) is 11.5 Å². The van der Waals surface area contributed by atoms with Crippen molar-refractivity contribution in [2.45, 2.75) is 25.7 Å². The van der Waals surface area contributed by atoms with Gasteiger partial charge in [-0.1, -0.05) is 6.92 Å². The standard InChI is InChI=1S/C14H21NO2/c1-4-10-7-14(17-3)12(8-13(10)16-2)11-5-6-15-9-11/h7-8,11,15H,4-6,9H2,1-3H3. The number of nitrogens with one attached hydrogen (secondary N) is 1. The molecule has 0 radical (unpaired) electrons. The van der Waals surface area contributed by atoms with E-state index in [9.17, 15) is 0 Å². The third-order valence-electron chi connectivity index (χ3n) is 3.51. The SMILES string of the molecule is CCc1cc(OC)c(C2CCNC2)cc1OC. The summed E-state index contributed by atoms with van der Waals surface area (Å²) in [6, 6.07) is 4.27. The van der Waals surface area contributed by atoms with Gasteiger partial charge in [0, 0.05) is 18.0 Å². The Labute approximate surface area is 103 Å². The summed E-state index contributed by atoms with van der Waals surface area (Å²) in [6.45, 7) is 4.25. The largest absolute Gasteiger partial charge is 0.496 e. The molecule has 0 amide bonds. The lowest BCUT2D eigenvalue weighted by Gasteiger charge is -2.17. The Morgan fingerprint density at radius 1 is 1.24 bits per heavy atom. The molecule has 3 heteroatoms. The average Bonchev–Trinajstić information content (AvgIpc) is 2.90. The van der Waals surface area contributed by atoms with Gasteiger partial charge >= 0.3 is 0 Å². The van der Waals surface area contributed by atoms with E-state index in [2.05, 4.69) is 24.4 Å². The van der Waals surface area contributed by atoms with Crippen LogP contribution in [0.3, 0.4) is 0 Å². The summed E-state index contributed by atoms with van der Waals surface area (Å²) in [6.07, 6.45) is 2.13. The molecule has 1 N–H and O–H groups in total. The minimum absolute atomic E-state index is 0.546. The molecule has 1 aromatic rings. The Morgan fingerprint density at radius 2 is 2.00 bits per heavy atom. The summed E-state index contributed by atoms with van der Waals surface area (Å²) in [5.74, 6) is 2.52. The van der Waals surface area contributed by atoms with Crippen LogP contribution in [-0.4, -0.2) is 27.3 Å². The van der Waals surface area contributed by atoms with Crippen molar-refractivity contribution in [2.24, 2.45) is 0 Å². The smallest absolute Gasteiger partial charge is 0.122 e. The Balaban J connectivity index is 2.41. The Bertz CT molecular complexity index is 384. The van der Waals surface area contributed by atoms with Gasteiger partial charge in [-0.3, -0.25) is 0 Å². The van der Waals surface area contributed by atoms with Gasteiger partial charge in [0.1, 0.15) is 11.5 Å². The number of hydrogen-bond acceptors (Lipinski definition) is 3. The first-order chi connectivity index (χ1) is 8.30. The molecule has 1 unspecified atom stereocenters. The highest BCUT2D eigenvalue weighted by Gasteiger charge is 2.22. The van der Waals surface area contributed by atoms with Gasteiger partial charge in [-0.2, -0.15) is 0 Å². The number of hydrogen-bond donors (Lipinski definition) is 1. The Hall–Kier alpha value is -1.22. The molecule has 0 bridgehead atoms. The monoisotopic (exact) mass is 235 g/mol. The molecular weight excluding hydrogens is 214 g/mol. The van der Waals surface area contributed by atoms with Crippen LogP contribution >= 0.6 is 0 Å². The first-order valence-electron chi connectivity index (χ1n) is 6.25. The fourth-order valence-electron chi connectivity index (χ4n) is 2.50. The van der Waals surface area contributed by atoms with E-state index in [-0.39, 0.29) is 0 Å². The maximum absolute atomic E-state index is 5.52. The summed E-state index contributed by atoms with van der Waals surface area (Å²) >= 11 is 0. The maximum atomic E-state index is 5.52. The van der Waals surface area contributed by atoms with Crippen LogP contribution in [0.1, 0.15) is 30.4 Å². The van der Waals surface area contributed by atoms with Crippen LogP contribution in [0.15, 0.2) is 12.1 Å². The fourth-order valence-corrected chi connectivity index (χ4v) is 2.50. The minimum atomic E-state index is 0.546. The molecule has 1 heterocycles. The van der Waals surface area contributed by atoms with Crippen molar-refractivity contribution >= 4 is 0 Å². The van der Waals surface area contributed by atoms with Crippen molar-refractivity contribution in [1.82, 2.24) is 5.32 Å². The van der Waals surface area contributed by atoms with Crippen molar-refractivity contribution in [3.63, 3.8) is 0 Å². The molecule has 0 spiro atoms. The van der Waals surface area contributed by atoms with Crippen molar-refractivity contribution in [3.8, 4) is 11.5 Å². The van der Waals surface area contributed by atoms with Crippen LogP contribution in [-0.2, 0) is 6.42 Å². The van der Waals surface area contributed by atoms with Gasteiger partial charge in [0.2, 0.25) is 0 Å². The molecule has 2 rings (SSSR count). The summed E-state index contributed by atoms with van der Waals surface area (Å²) in [5, 5.41) is 3.39. The molecule has 94 valence electrons. The zero-order valence-corrected chi connectivity index (χ0v) is 10.9. The highest BCUT2D eigenvalue weighted by molar-refractivity contribution is 5.48. The van der Waals surface area contributed by atoms with Crippen molar-refractivity contribution < 1.29 is 9.47 Å². The molecule has 0 aromatic heterocycles. The van der Waals surface area contributed by atoms with Crippen molar-refractivity contribution in [3.05, 3.63) is 23.3 Å². The van der Waals surface area contributed by atoms with E-state index in [1.54, 1.807) is 14.2 Å². The van der Waals surface area contributed by atoms with E-state index in [0.717, 1.165) is 31.0 Å². The first-order valence-corrected chi connectivity index (χ1v) is 6.25. The van der Waals surface area contributed by atoms with Gasteiger partial charge in [-0.05, 0) is 37.1 Å². The number of aryl methyl sites for hydroxylation is 1. The zero-order chi connectivity index (χ0) is 12.3. The van der Waals surface area contributed by atoms with Gasteiger partial charge in [0.05, 0.1) is 14.2 Å². The van der Waals surface area contributed by atoms with Crippen molar-refractivity contribution in [2.75, 3.05) is 27.3 Å². The second kappa shape index (κ2) is 5.41. The second-order valence-corrected chi connectivity index (χ2v) is 4.45. The van der Waals surface area contributed by atoms with Gasteiger partial charge < -0.3 is 14.8 Å². The fraction of sp³-hybridized carbons (Fsp3) is 0.571. The van der Waals surface area contributed by atoms with E-state index in [0.29, 0.717) is 5.92 Å². The summed E-state index contributed by atoms with van der Waals surface area (Å²) in [5.41, 5.74) is 2.48. The predicted octanol–water partition coefficient (Wildman–Crippen LogP) is 2.34. The lowest BCUT2D eigenvalue weighted by Crippen LogP contribution is -2.09. The number of benzene rings is 1. The highest BCUT2D eigenvalue weighted by atomic mass is 16.5. The molecule has 1 aliphatic rings. The summed E-state index contributed by atoms with van der Waals surface area (Å²) in [7, 11) is 3.48. The maximum Gasteiger partial charge on any atom is 0.122 e. The molecule has 3 nitrogen and oxygen atoms in total. The normalized spacial score (nSPS) is 19.4. The number of ether oxygens (including phenoxy) is 2. The molecule has 1 aliphatic heterocycles. The first kappa shape index (κ1) is 12.2. The van der Waals surface area contributed by atoms with Crippen LogP contribution in [0.25, 0.3) is 0 Å². The average molecular weight is 235 g/mol. The third kappa shape index (κ3) is 2.39. The molecule has 0 saturated carbocycles. The molecular formula is C14H21NO2. The summed E-state index contributed by atoms with van der Waals surface area (Å²) < 4.78 is 11.0. The van der Waals surface area contributed by atoms with Crippen LogP contribution < -0.4 is 14.8 Å². The van der Waals surface area contributed by atoms with Gasteiger partial charge in [0.15, 0.2) is 0 Å². The number of rotatable bonds is 4. The van der Waals surface area contributed by atoms with Gasteiger partial charge in [-0.25, -0.2) is 0 Å². The van der Waals surface area contributed by atoms with E-state index in [1.165, 1.54) is 17.5 Å². The van der Waals surface area contributed by atoms with Crippen molar-refractivity contribution in [1.29, 1.82) is 0 Å². The number of methoxy groups -OCH3 is 2. The molecule has 0 aliphatic carbocycles. The van der Waals surface area contributed by atoms with E-state index >= 15 is 0 Å². The lowest BCUT2D eigenvalue weighted by atomic mass is 9.95. The summed E-state index contributed by atoms with van der Waals surface area (Å²) in [4.78, 5) is 0. The van der Waals surface area contributed by atoms with Crippen LogP contribution in [0.4, 0.5) is 0 Å². The predicted molar refractivity (Wildman–Crippen MR) is 69.2 cm³/mol. The second-order valence-electron chi connectivity index (χ2n) is 4.45. The zero-order valence-electron chi connectivity index (χ0n) is 10.9. The van der Waals surface area contributed by atoms with E-state index in [1.807, 2.05) is 0 Å². The van der Waals surface area contributed by atoms with Crippen LogP contribution in [0, 0.1) is 0 Å². The Morgan fingerprint density at radius 3 is 2.53 bits per heavy atom. The lowest BCUT2D eigenvalue weighted by molar-refractivity contribution is 0.392.